The Hall–Kier alpha value is -1.53. The normalized spacial score (nSPS) is 28.1. The molecular formula is C13H25N3O4. The lowest BCUT2D eigenvalue weighted by Gasteiger charge is -2.30. The first-order chi connectivity index (χ1) is 9.12. The Morgan fingerprint density at radius 1 is 1.45 bits per heavy atom. The van der Waals surface area contributed by atoms with Crippen molar-refractivity contribution < 1.29 is 19.7 Å². The van der Waals surface area contributed by atoms with Crippen molar-refractivity contribution >= 4 is 5.97 Å². The van der Waals surface area contributed by atoms with Crippen LogP contribution in [-0.2, 0) is 9.63 Å². The zero-order valence-corrected chi connectivity index (χ0v) is 12.9. The molecule has 7 heteroatoms. The molecule has 1 N–H and O–H groups in total. The van der Waals surface area contributed by atoms with Crippen LogP contribution in [0.2, 0.25) is 0 Å². The fraction of sp³-hybridized carbons (Fsp3) is 0.923. The Morgan fingerprint density at radius 3 is 2.50 bits per heavy atom. The van der Waals surface area contributed by atoms with Crippen LogP contribution in [0.15, 0.2) is 5.28 Å². The third-order valence-electron chi connectivity index (χ3n) is 3.93. The van der Waals surface area contributed by atoms with Crippen LogP contribution in [0.1, 0.15) is 47.0 Å². The number of hydrogen-bond acceptors (Lipinski definition) is 4. The summed E-state index contributed by atoms with van der Waals surface area (Å²) >= 11 is 0. The van der Waals surface area contributed by atoms with E-state index in [0.29, 0.717) is 24.2 Å². The van der Waals surface area contributed by atoms with Gasteiger partial charge >= 0.3 is 5.97 Å². The number of hydrogen-bond donors (Lipinski definition) is 1. The van der Waals surface area contributed by atoms with Crippen LogP contribution in [0, 0.1) is 17.0 Å². The summed E-state index contributed by atoms with van der Waals surface area (Å²) in [6.07, 6.45) is 1.58. The molecule has 0 amide bonds. The molecule has 0 aromatic carbocycles. The van der Waals surface area contributed by atoms with Crippen molar-refractivity contribution in [3.63, 3.8) is 0 Å². The number of nitrogens with zero attached hydrogens (tertiary/aromatic N) is 3. The molecule has 1 saturated carbocycles. The van der Waals surface area contributed by atoms with Crippen LogP contribution in [0.25, 0.3) is 0 Å². The lowest BCUT2D eigenvalue weighted by molar-refractivity contribution is -0.720. The van der Waals surface area contributed by atoms with Crippen molar-refractivity contribution in [2.75, 3.05) is 7.05 Å². The number of carboxylic acids is 1. The minimum atomic E-state index is -0.759. The molecule has 7 nitrogen and oxygen atoms in total. The average Bonchev–Trinajstić information content (AvgIpc) is 2.33. The van der Waals surface area contributed by atoms with E-state index in [1.807, 2.05) is 27.7 Å². The molecule has 20 heavy (non-hydrogen) atoms. The van der Waals surface area contributed by atoms with Gasteiger partial charge < -0.3 is 15.2 Å². The molecule has 1 aliphatic carbocycles. The molecule has 0 aromatic rings. The second-order valence-corrected chi connectivity index (χ2v) is 6.49. The molecule has 3 atom stereocenters. The first-order valence-electron chi connectivity index (χ1n) is 6.93. The highest BCUT2D eigenvalue weighted by Gasteiger charge is 2.34. The van der Waals surface area contributed by atoms with Gasteiger partial charge in [0.25, 0.3) is 0 Å². The van der Waals surface area contributed by atoms with Gasteiger partial charge in [0.1, 0.15) is 6.10 Å². The minimum absolute atomic E-state index is 0.0295. The van der Waals surface area contributed by atoms with Gasteiger partial charge in [-0.1, -0.05) is 6.92 Å². The maximum atomic E-state index is 11.7. The number of carboxylic acid groups (broad SMARTS) is 1. The van der Waals surface area contributed by atoms with E-state index in [2.05, 4.69) is 5.28 Å². The van der Waals surface area contributed by atoms with Crippen molar-refractivity contribution in [1.82, 2.24) is 5.01 Å². The van der Waals surface area contributed by atoms with Crippen molar-refractivity contribution in [2.45, 2.75) is 58.6 Å². The summed E-state index contributed by atoms with van der Waals surface area (Å²) in [6.45, 7) is 7.58. The summed E-state index contributed by atoms with van der Waals surface area (Å²) in [4.78, 5) is 16.7. The first-order valence-corrected chi connectivity index (χ1v) is 6.93. The topological polar surface area (TPSA) is 88.2 Å². The number of rotatable bonds is 4. The van der Waals surface area contributed by atoms with Crippen molar-refractivity contribution in [2.24, 2.45) is 17.1 Å². The molecule has 0 bridgehead atoms. The van der Waals surface area contributed by atoms with Crippen LogP contribution in [-0.4, -0.2) is 39.7 Å². The largest absolute Gasteiger partial charge is 0.569 e. The highest BCUT2D eigenvalue weighted by Crippen LogP contribution is 2.31. The zero-order valence-electron chi connectivity index (χ0n) is 12.9. The summed E-state index contributed by atoms with van der Waals surface area (Å²) in [7, 11) is 1.64. The van der Waals surface area contributed by atoms with E-state index in [9.17, 15) is 10.0 Å². The van der Waals surface area contributed by atoms with Gasteiger partial charge in [0, 0.05) is 0 Å². The van der Waals surface area contributed by atoms with Crippen molar-refractivity contribution in [3.8, 4) is 0 Å². The predicted octanol–water partition coefficient (Wildman–Crippen LogP) is 2.42. The first kappa shape index (κ1) is 16.5. The molecule has 116 valence electrons. The third kappa shape index (κ3) is 4.25. The highest BCUT2D eigenvalue weighted by molar-refractivity contribution is 5.70. The van der Waals surface area contributed by atoms with Gasteiger partial charge in [-0.05, 0) is 46.0 Å². The van der Waals surface area contributed by atoms with Gasteiger partial charge in [0.2, 0.25) is 5.28 Å². The Labute approximate surface area is 119 Å². The van der Waals surface area contributed by atoms with E-state index in [1.165, 1.54) is 5.01 Å². The van der Waals surface area contributed by atoms with Gasteiger partial charge in [0.05, 0.1) is 23.5 Å². The molecule has 1 fully saturated rings. The Morgan fingerprint density at radius 2 is 2.05 bits per heavy atom. The fourth-order valence-electron chi connectivity index (χ4n) is 2.23. The minimum Gasteiger partial charge on any atom is -0.569 e. The lowest BCUT2D eigenvalue weighted by atomic mass is 9.79. The molecule has 1 aliphatic rings. The second-order valence-electron chi connectivity index (χ2n) is 6.49. The van der Waals surface area contributed by atoms with Crippen LogP contribution in [0.4, 0.5) is 0 Å². The Balaban J connectivity index is 2.53. The number of hydrazine groups is 1. The fourth-order valence-corrected chi connectivity index (χ4v) is 2.23. The van der Waals surface area contributed by atoms with E-state index in [0.717, 1.165) is 0 Å². The summed E-state index contributed by atoms with van der Waals surface area (Å²) in [5.74, 6) is -1.05. The molecule has 0 heterocycles. The quantitative estimate of drug-likeness (QED) is 0.487. The SMILES string of the molecule is C[C@@H]1C[C@H](O/N=[N+](/[O-])N(C)C(C)(C)C)CC[C@H]1C(=O)O. The molecule has 0 radical (unpaired) electrons. The Kier molecular flexibility index (Phi) is 5.19. The van der Waals surface area contributed by atoms with Crippen LogP contribution in [0.5, 0.6) is 0 Å². The summed E-state index contributed by atoms with van der Waals surface area (Å²) in [6, 6.07) is 0. The van der Waals surface area contributed by atoms with E-state index < -0.39 is 5.97 Å². The van der Waals surface area contributed by atoms with E-state index in [4.69, 9.17) is 9.94 Å². The van der Waals surface area contributed by atoms with Gasteiger partial charge in [-0.3, -0.25) is 4.79 Å². The van der Waals surface area contributed by atoms with Gasteiger partial charge in [0.15, 0.2) is 0 Å². The van der Waals surface area contributed by atoms with Crippen molar-refractivity contribution in [3.05, 3.63) is 5.21 Å². The lowest BCUT2D eigenvalue weighted by Crippen LogP contribution is -2.42. The van der Waals surface area contributed by atoms with Crippen LogP contribution < -0.4 is 0 Å². The summed E-state index contributed by atoms with van der Waals surface area (Å²) in [5.41, 5.74) is -0.344. The smallest absolute Gasteiger partial charge is 0.306 e. The van der Waals surface area contributed by atoms with Crippen molar-refractivity contribution in [1.29, 1.82) is 0 Å². The molecule has 1 rings (SSSR count). The molecule has 0 spiro atoms. The maximum Gasteiger partial charge on any atom is 0.306 e. The van der Waals surface area contributed by atoms with Crippen LogP contribution >= 0.6 is 0 Å². The molecule has 0 aliphatic heterocycles. The van der Waals surface area contributed by atoms with E-state index in [-0.39, 0.29) is 23.5 Å². The van der Waals surface area contributed by atoms with Crippen LogP contribution in [0.3, 0.4) is 0 Å². The summed E-state index contributed by atoms with van der Waals surface area (Å²) in [5, 5.41) is 25.8. The van der Waals surface area contributed by atoms with E-state index >= 15 is 0 Å². The monoisotopic (exact) mass is 287 g/mol. The average molecular weight is 287 g/mol. The second kappa shape index (κ2) is 6.28. The zero-order chi connectivity index (χ0) is 15.5. The van der Waals surface area contributed by atoms with Gasteiger partial charge in [-0.25, -0.2) is 0 Å². The Bertz CT molecular complexity index is 378. The standard InChI is InChI=1S/C13H25N3O4/c1-9-8-10(6-7-11(9)12(17)18)20-14-16(19)15(5)13(2,3)4/h9-11H,6-8H2,1-5H3,(H,17,18)/b16-14+/t9-,10-,11-/m1/s1. The van der Waals surface area contributed by atoms with Gasteiger partial charge in [-0.15, -0.1) is 5.01 Å². The molecule has 0 unspecified atom stereocenters. The van der Waals surface area contributed by atoms with E-state index in [1.54, 1.807) is 7.05 Å². The molecule has 0 saturated heterocycles. The number of carbonyl (C=O) groups is 1. The molecular weight excluding hydrogens is 262 g/mol. The third-order valence-corrected chi connectivity index (χ3v) is 3.93. The molecule has 0 aromatic heterocycles. The highest BCUT2D eigenvalue weighted by atomic mass is 16.7. The number of aliphatic carboxylic acids is 1. The van der Waals surface area contributed by atoms with Gasteiger partial charge in [-0.2, -0.15) is 0 Å². The predicted molar refractivity (Wildman–Crippen MR) is 72.6 cm³/mol. The summed E-state index contributed by atoms with van der Waals surface area (Å²) < 4.78 is 0. The maximum absolute atomic E-state index is 11.7.